The number of hydrogen-bond donors (Lipinski definition) is 2. The maximum Gasteiger partial charge on any atom is 0.316 e. The second-order valence-corrected chi connectivity index (χ2v) is 7.07. The van der Waals surface area contributed by atoms with Crippen LogP contribution in [0.25, 0.3) is 0 Å². The van der Waals surface area contributed by atoms with Gasteiger partial charge in [-0.15, -0.1) is 11.8 Å². The predicted molar refractivity (Wildman–Crippen MR) is 104 cm³/mol. The summed E-state index contributed by atoms with van der Waals surface area (Å²) in [4.78, 5) is 35.9. The van der Waals surface area contributed by atoms with Gasteiger partial charge in [0.25, 0.3) is 11.8 Å². The molecule has 0 bridgehead atoms. The number of benzene rings is 2. The lowest BCUT2D eigenvalue weighted by Gasteiger charge is -2.07. The number of nitrogens with one attached hydrogen (secondary N) is 2. The lowest BCUT2D eigenvalue weighted by Crippen LogP contribution is -2.22. The van der Waals surface area contributed by atoms with Crippen LogP contribution in [0.1, 0.15) is 10.4 Å². The van der Waals surface area contributed by atoms with Crippen LogP contribution in [0.3, 0.4) is 0 Å². The van der Waals surface area contributed by atoms with E-state index in [1.54, 1.807) is 31.3 Å². The van der Waals surface area contributed by atoms with Crippen LogP contribution in [-0.4, -0.2) is 37.2 Å². The summed E-state index contributed by atoms with van der Waals surface area (Å²) >= 11 is 4.68. The molecule has 0 aliphatic carbocycles. The minimum absolute atomic E-state index is 0.121. The number of ether oxygens (including phenoxy) is 1. The van der Waals surface area contributed by atoms with Crippen molar-refractivity contribution in [3.63, 3.8) is 0 Å². The molecule has 0 fully saturated rings. The molecule has 2 N–H and O–H groups in total. The van der Waals surface area contributed by atoms with Gasteiger partial charge in [-0.25, -0.2) is 0 Å². The van der Waals surface area contributed by atoms with E-state index in [1.165, 1.54) is 11.8 Å². The molecule has 0 aliphatic rings. The van der Waals surface area contributed by atoms with Crippen molar-refractivity contribution in [2.45, 2.75) is 4.90 Å². The second kappa shape index (κ2) is 9.98. The Morgan fingerprint density at radius 3 is 2.31 bits per heavy atom. The van der Waals surface area contributed by atoms with Gasteiger partial charge >= 0.3 is 5.97 Å². The Hall–Kier alpha value is -2.32. The smallest absolute Gasteiger partial charge is 0.316 e. The maximum atomic E-state index is 11.8. The molecule has 6 nitrogen and oxygen atoms in total. The monoisotopic (exact) mass is 436 g/mol. The lowest BCUT2D eigenvalue weighted by molar-refractivity contribution is -0.144. The van der Waals surface area contributed by atoms with E-state index in [0.29, 0.717) is 11.3 Å². The van der Waals surface area contributed by atoms with Crippen LogP contribution in [0.2, 0.25) is 0 Å². The summed E-state index contributed by atoms with van der Waals surface area (Å²) in [6.45, 7) is -0.364. The minimum atomic E-state index is -0.469. The predicted octanol–water partition coefficient (Wildman–Crippen LogP) is 3.08. The molecule has 0 saturated heterocycles. The zero-order valence-electron chi connectivity index (χ0n) is 14.0. The normalized spacial score (nSPS) is 10.1. The van der Waals surface area contributed by atoms with Gasteiger partial charge in [-0.05, 0) is 48.5 Å². The van der Waals surface area contributed by atoms with Crippen molar-refractivity contribution in [2.75, 3.05) is 24.7 Å². The van der Waals surface area contributed by atoms with Crippen LogP contribution in [0.4, 0.5) is 5.69 Å². The molecule has 0 heterocycles. The molecule has 2 aromatic rings. The summed E-state index contributed by atoms with van der Waals surface area (Å²) in [5.41, 5.74) is 1.00. The Morgan fingerprint density at radius 1 is 1.04 bits per heavy atom. The van der Waals surface area contributed by atoms with Gasteiger partial charge in [0.2, 0.25) is 0 Å². The van der Waals surface area contributed by atoms with Crippen molar-refractivity contribution in [1.82, 2.24) is 5.32 Å². The van der Waals surface area contributed by atoms with Crippen molar-refractivity contribution >= 4 is 51.2 Å². The van der Waals surface area contributed by atoms with E-state index in [9.17, 15) is 14.4 Å². The average Bonchev–Trinajstić information content (AvgIpc) is 2.66. The first-order valence-corrected chi connectivity index (χ1v) is 9.42. The number of esters is 1. The van der Waals surface area contributed by atoms with Gasteiger partial charge in [0.15, 0.2) is 6.61 Å². The third-order valence-electron chi connectivity index (χ3n) is 3.19. The van der Waals surface area contributed by atoms with Crippen LogP contribution in [-0.2, 0) is 14.3 Å². The molecule has 2 aromatic carbocycles. The van der Waals surface area contributed by atoms with Crippen molar-refractivity contribution in [3.05, 3.63) is 58.6 Å². The molecule has 0 atom stereocenters. The van der Waals surface area contributed by atoms with Gasteiger partial charge in [-0.1, -0.05) is 15.9 Å². The number of thioether (sulfide) groups is 1. The standard InChI is InChI=1S/C18H17BrN2O4S/c1-20-18(24)12-2-6-14(7-3-12)21-16(22)10-25-17(23)11-26-15-8-4-13(19)5-9-15/h2-9H,10-11H2,1H3,(H,20,24)(H,21,22). The molecule has 8 heteroatoms. The Labute approximate surface area is 163 Å². The summed E-state index contributed by atoms with van der Waals surface area (Å²) in [6.07, 6.45) is 0. The number of carbonyl (C=O) groups excluding carboxylic acids is 3. The van der Waals surface area contributed by atoms with Gasteiger partial charge < -0.3 is 15.4 Å². The first-order chi connectivity index (χ1) is 12.5. The molecule has 2 rings (SSSR count). The maximum absolute atomic E-state index is 11.8. The summed E-state index contributed by atoms with van der Waals surface area (Å²) in [5.74, 6) is -1.00. The Morgan fingerprint density at radius 2 is 1.69 bits per heavy atom. The molecule has 0 radical (unpaired) electrons. The van der Waals surface area contributed by atoms with E-state index in [4.69, 9.17) is 4.74 Å². The fourth-order valence-electron chi connectivity index (χ4n) is 1.91. The molecule has 26 heavy (non-hydrogen) atoms. The summed E-state index contributed by atoms with van der Waals surface area (Å²) < 4.78 is 5.92. The third kappa shape index (κ3) is 6.53. The number of rotatable bonds is 7. The van der Waals surface area contributed by atoms with E-state index in [-0.39, 0.29) is 18.3 Å². The highest BCUT2D eigenvalue weighted by Gasteiger charge is 2.09. The van der Waals surface area contributed by atoms with E-state index in [2.05, 4.69) is 26.6 Å². The zero-order valence-corrected chi connectivity index (χ0v) is 16.4. The Balaban J connectivity index is 1.73. The van der Waals surface area contributed by atoms with E-state index in [0.717, 1.165) is 9.37 Å². The average molecular weight is 437 g/mol. The van der Waals surface area contributed by atoms with Gasteiger partial charge in [-0.2, -0.15) is 0 Å². The quantitative estimate of drug-likeness (QED) is 0.514. The molecule has 0 aliphatic heterocycles. The van der Waals surface area contributed by atoms with Gasteiger partial charge in [0.05, 0.1) is 5.75 Å². The molecular weight excluding hydrogens is 420 g/mol. The number of hydrogen-bond acceptors (Lipinski definition) is 5. The van der Waals surface area contributed by atoms with Crippen LogP contribution < -0.4 is 10.6 Å². The van der Waals surface area contributed by atoms with Crippen molar-refractivity contribution in [2.24, 2.45) is 0 Å². The van der Waals surface area contributed by atoms with Gasteiger partial charge in [0, 0.05) is 27.7 Å². The Bertz CT molecular complexity index is 779. The highest BCUT2D eigenvalue weighted by molar-refractivity contribution is 9.10. The number of anilines is 1. The fourth-order valence-corrected chi connectivity index (χ4v) is 2.87. The van der Waals surface area contributed by atoms with Crippen LogP contribution in [0.5, 0.6) is 0 Å². The van der Waals surface area contributed by atoms with E-state index < -0.39 is 11.9 Å². The summed E-state index contributed by atoms with van der Waals surface area (Å²) in [6, 6.07) is 13.9. The molecule has 0 spiro atoms. The van der Waals surface area contributed by atoms with E-state index >= 15 is 0 Å². The number of halogens is 1. The van der Waals surface area contributed by atoms with E-state index in [1.807, 2.05) is 24.3 Å². The molecule has 0 unspecified atom stereocenters. The third-order valence-corrected chi connectivity index (χ3v) is 4.71. The Kier molecular flexibility index (Phi) is 7.68. The van der Waals surface area contributed by atoms with Crippen molar-refractivity contribution in [1.29, 1.82) is 0 Å². The molecular formula is C18H17BrN2O4S. The topological polar surface area (TPSA) is 84.5 Å². The fraction of sp³-hybridized carbons (Fsp3) is 0.167. The zero-order chi connectivity index (χ0) is 18.9. The van der Waals surface area contributed by atoms with Gasteiger partial charge in [0.1, 0.15) is 0 Å². The second-order valence-electron chi connectivity index (χ2n) is 5.11. The lowest BCUT2D eigenvalue weighted by atomic mass is 10.2. The molecule has 136 valence electrons. The van der Waals surface area contributed by atoms with Crippen LogP contribution >= 0.6 is 27.7 Å². The number of carbonyl (C=O) groups is 3. The van der Waals surface area contributed by atoms with Crippen LogP contribution in [0, 0.1) is 0 Å². The first-order valence-electron chi connectivity index (χ1n) is 7.64. The minimum Gasteiger partial charge on any atom is -0.455 e. The SMILES string of the molecule is CNC(=O)c1ccc(NC(=O)COC(=O)CSc2ccc(Br)cc2)cc1. The molecule has 0 aromatic heterocycles. The largest absolute Gasteiger partial charge is 0.455 e. The highest BCUT2D eigenvalue weighted by atomic mass is 79.9. The first kappa shape index (κ1) is 20.0. The molecule has 2 amide bonds. The number of amides is 2. The molecule has 0 saturated carbocycles. The van der Waals surface area contributed by atoms with Crippen molar-refractivity contribution in [3.8, 4) is 0 Å². The summed E-state index contributed by atoms with van der Waals surface area (Å²) in [7, 11) is 1.54. The summed E-state index contributed by atoms with van der Waals surface area (Å²) in [5, 5.41) is 5.11. The van der Waals surface area contributed by atoms with Crippen molar-refractivity contribution < 1.29 is 19.1 Å². The van der Waals surface area contributed by atoms with Gasteiger partial charge in [-0.3, -0.25) is 14.4 Å². The van der Waals surface area contributed by atoms with Crippen LogP contribution in [0.15, 0.2) is 57.9 Å². The highest BCUT2D eigenvalue weighted by Crippen LogP contribution is 2.20.